The van der Waals surface area contributed by atoms with E-state index in [9.17, 15) is 9.59 Å². The molecular formula is C11H12ClNO3. The molecule has 1 rings (SSSR count). The van der Waals surface area contributed by atoms with Crippen molar-refractivity contribution in [2.75, 3.05) is 5.32 Å². The first-order chi connectivity index (χ1) is 7.49. The number of carboxylic acid groups (broad SMARTS) is 1. The Hall–Kier alpha value is -1.55. The topological polar surface area (TPSA) is 66.4 Å². The number of carboxylic acids is 1. The highest BCUT2D eigenvalue weighted by Crippen LogP contribution is 2.22. The number of aliphatic carboxylic acids is 1. The Balaban J connectivity index is 2.59. The Bertz CT molecular complexity index is 418. The van der Waals surface area contributed by atoms with Crippen molar-refractivity contribution in [2.24, 2.45) is 0 Å². The number of amides is 1. The van der Waals surface area contributed by atoms with Gasteiger partial charge in [0, 0.05) is 6.42 Å². The molecule has 0 saturated heterocycles. The summed E-state index contributed by atoms with van der Waals surface area (Å²) >= 11 is 5.91. The minimum absolute atomic E-state index is 0.0560. The van der Waals surface area contributed by atoms with Gasteiger partial charge >= 0.3 is 5.97 Å². The molecule has 0 atom stereocenters. The summed E-state index contributed by atoms with van der Waals surface area (Å²) in [5.74, 6) is -1.35. The van der Waals surface area contributed by atoms with Crippen LogP contribution in [0.3, 0.4) is 0 Å². The quantitative estimate of drug-likeness (QED) is 0.851. The molecule has 2 N–H and O–H groups in total. The highest BCUT2D eigenvalue weighted by Gasteiger charge is 2.07. The van der Waals surface area contributed by atoms with Crippen LogP contribution in [0.25, 0.3) is 0 Å². The average molecular weight is 242 g/mol. The van der Waals surface area contributed by atoms with Crippen molar-refractivity contribution in [3.63, 3.8) is 0 Å². The van der Waals surface area contributed by atoms with E-state index in [1.165, 1.54) is 0 Å². The van der Waals surface area contributed by atoms with Crippen LogP contribution in [-0.2, 0) is 9.59 Å². The normalized spacial score (nSPS) is 9.88. The van der Waals surface area contributed by atoms with Crippen molar-refractivity contribution in [3.8, 4) is 0 Å². The molecule has 0 fully saturated rings. The molecule has 0 heterocycles. The SMILES string of the molecule is Cc1ccc(NC(=O)CCC(=O)O)c(Cl)c1. The number of benzene rings is 1. The number of carbonyl (C=O) groups is 2. The number of carbonyl (C=O) groups excluding carboxylic acids is 1. The molecule has 1 amide bonds. The van der Waals surface area contributed by atoms with Crippen LogP contribution >= 0.6 is 11.6 Å². The monoisotopic (exact) mass is 241 g/mol. The Morgan fingerprint density at radius 2 is 2.06 bits per heavy atom. The van der Waals surface area contributed by atoms with Gasteiger partial charge in [0.05, 0.1) is 17.1 Å². The number of hydrogen-bond acceptors (Lipinski definition) is 2. The Morgan fingerprint density at radius 3 is 2.62 bits per heavy atom. The molecule has 1 aromatic rings. The highest BCUT2D eigenvalue weighted by molar-refractivity contribution is 6.33. The maximum atomic E-state index is 11.3. The molecular weight excluding hydrogens is 230 g/mol. The summed E-state index contributed by atoms with van der Waals surface area (Å²) in [6.45, 7) is 1.89. The number of rotatable bonds is 4. The van der Waals surface area contributed by atoms with Crippen molar-refractivity contribution >= 4 is 29.2 Å². The second kappa shape index (κ2) is 5.51. The molecule has 4 nitrogen and oxygen atoms in total. The summed E-state index contributed by atoms with van der Waals surface area (Å²) < 4.78 is 0. The van der Waals surface area contributed by atoms with Crippen LogP contribution in [0.1, 0.15) is 18.4 Å². The number of anilines is 1. The lowest BCUT2D eigenvalue weighted by Gasteiger charge is -2.06. The molecule has 0 radical (unpaired) electrons. The van der Waals surface area contributed by atoms with Gasteiger partial charge in [0.1, 0.15) is 0 Å². The summed E-state index contributed by atoms with van der Waals surface area (Å²) in [7, 11) is 0. The first kappa shape index (κ1) is 12.5. The van der Waals surface area contributed by atoms with Gasteiger partial charge in [0.2, 0.25) is 5.91 Å². The predicted molar refractivity (Wildman–Crippen MR) is 61.7 cm³/mol. The van der Waals surface area contributed by atoms with Crippen molar-refractivity contribution in [1.29, 1.82) is 0 Å². The molecule has 0 aliphatic rings. The second-order valence-corrected chi connectivity index (χ2v) is 3.83. The van der Waals surface area contributed by atoms with E-state index >= 15 is 0 Å². The van der Waals surface area contributed by atoms with Crippen molar-refractivity contribution in [2.45, 2.75) is 19.8 Å². The molecule has 0 saturated carbocycles. The fourth-order valence-electron chi connectivity index (χ4n) is 1.15. The van der Waals surface area contributed by atoms with E-state index < -0.39 is 5.97 Å². The summed E-state index contributed by atoms with van der Waals surface area (Å²) in [5, 5.41) is 11.4. The number of halogens is 1. The maximum Gasteiger partial charge on any atom is 0.303 e. The van der Waals surface area contributed by atoms with Crippen LogP contribution in [0.15, 0.2) is 18.2 Å². The molecule has 0 aliphatic heterocycles. The summed E-state index contributed by atoms with van der Waals surface area (Å²) in [6, 6.07) is 5.24. The van der Waals surface area contributed by atoms with E-state index in [4.69, 9.17) is 16.7 Å². The van der Waals surface area contributed by atoms with E-state index in [0.717, 1.165) is 5.56 Å². The second-order valence-electron chi connectivity index (χ2n) is 3.43. The van der Waals surface area contributed by atoms with Gasteiger partial charge in [-0.15, -0.1) is 0 Å². The van der Waals surface area contributed by atoms with Gasteiger partial charge in [-0.1, -0.05) is 17.7 Å². The van der Waals surface area contributed by atoms with E-state index in [0.29, 0.717) is 10.7 Å². The number of nitrogens with one attached hydrogen (secondary N) is 1. The summed E-state index contributed by atoms with van der Waals surface area (Å²) in [4.78, 5) is 21.6. The fourth-order valence-corrected chi connectivity index (χ4v) is 1.44. The molecule has 0 unspecified atom stereocenters. The zero-order valence-corrected chi connectivity index (χ0v) is 9.54. The van der Waals surface area contributed by atoms with E-state index in [1.807, 2.05) is 13.0 Å². The first-order valence-electron chi connectivity index (χ1n) is 4.77. The predicted octanol–water partition coefficient (Wildman–Crippen LogP) is 2.45. The molecule has 1 aromatic carbocycles. The Morgan fingerprint density at radius 1 is 1.38 bits per heavy atom. The zero-order valence-electron chi connectivity index (χ0n) is 8.79. The maximum absolute atomic E-state index is 11.3. The van der Waals surface area contributed by atoms with Gasteiger partial charge in [-0.25, -0.2) is 0 Å². The largest absolute Gasteiger partial charge is 0.481 e. The minimum Gasteiger partial charge on any atom is -0.481 e. The third-order valence-corrected chi connectivity index (χ3v) is 2.28. The summed E-state index contributed by atoms with van der Waals surface area (Å²) in [5.41, 5.74) is 1.50. The van der Waals surface area contributed by atoms with Gasteiger partial charge in [0.25, 0.3) is 0 Å². The van der Waals surface area contributed by atoms with Crippen molar-refractivity contribution in [1.82, 2.24) is 0 Å². The lowest BCUT2D eigenvalue weighted by molar-refractivity contribution is -0.138. The van der Waals surface area contributed by atoms with E-state index in [1.54, 1.807) is 12.1 Å². The van der Waals surface area contributed by atoms with Crippen LogP contribution in [0.2, 0.25) is 5.02 Å². The number of hydrogen-bond donors (Lipinski definition) is 2. The highest BCUT2D eigenvalue weighted by atomic mass is 35.5. The third kappa shape index (κ3) is 3.90. The van der Waals surface area contributed by atoms with Crippen LogP contribution in [0.4, 0.5) is 5.69 Å². The lowest BCUT2D eigenvalue weighted by Crippen LogP contribution is -2.13. The smallest absolute Gasteiger partial charge is 0.303 e. The van der Waals surface area contributed by atoms with Gasteiger partial charge in [-0.05, 0) is 24.6 Å². The standard InChI is InChI=1S/C11H12ClNO3/c1-7-2-3-9(8(12)6-7)13-10(14)4-5-11(15)16/h2-3,6H,4-5H2,1H3,(H,13,14)(H,15,16). The Kier molecular flexibility index (Phi) is 4.31. The van der Waals surface area contributed by atoms with Crippen LogP contribution in [-0.4, -0.2) is 17.0 Å². The van der Waals surface area contributed by atoms with Gasteiger partial charge in [-0.3, -0.25) is 9.59 Å². The first-order valence-corrected chi connectivity index (χ1v) is 5.14. The molecule has 86 valence electrons. The third-order valence-electron chi connectivity index (χ3n) is 1.96. The van der Waals surface area contributed by atoms with Crippen molar-refractivity contribution < 1.29 is 14.7 Å². The van der Waals surface area contributed by atoms with Gasteiger partial charge in [0.15, 0.2) is 0 Å². The molecule has 5 heteroatoms. The fraction of sp³-hybridized carbons (Fsp3) is 0.273. The summed E-state index contributed by atoms with van der Waals surface area (Å²) in [6.07, 6.45) is -0.241. The molecule has 0 aromatic heterocycles. The molecule has 16 heavy (non-hydrogen) atoms. The van der Waals surface area contributed by atoms with E-state index in [-0.39, 0.29) is 18.7 Å². The average Bonchev–Trinajstić information content (AvgIpc) is 2.19. The lowest BCUT2D eigenvalue weighted by atomic mass is 10.2. The van der Waals surface area contributed by atoms with Crippen LogP contribution in [0, 0.1) is 6.92 Å². The zero-order chi connectivity index (χ0) is 12.1. The van der Waals surface area contributed by atoms with E-state index in [2.05, 4.69) is 5.32 Å². The van der Waals surface area contributed by atoms with Gasteiger partial charge < -0.3 is 10.4 Å². The van der Waals surface area contributed by atoms with Crippen LogP contribution < -0.4 is 5.32 Å². The van der Waals surface area contributed by atoms with Crippen LogP contribution in [0.5, 0.6) is 0 Å². The molecule has 0 aliphatic carbocycles. The Labute approximate surface area is 98.2 Å². The van der Waals surface area contributed by atoms with Gasteiger partial charge in [-0.2, -0.15) is 0 Å². The number of aryl methyl sites for hydroxylation is 1. The minimum atomic E-state index is -0.995. The molecule has 0 bridgehead atoms. The van der Waals surface area contributed by atoms with Crippen molar-refractivity contribution in [3.05, 3.63) is 28.8 Å². The molecule has 0 spiro atoms.